The maximum absolute atomic E-state index is 12.7. The van der Waals surface area contributed by atoms with Gasteiger partial charge in [0.1, 0.15) is 0 Å². The topological polar surface area (TPSA) is 71.8 Å². The maximum atomic E-state index is 12.7. The summed E-state index contributed by atoms with van der Waals surface area (Å²) in [5, 5.41) is 14.9. The first-order valence-corrected chi connectivity index (χ1v) is 9.25. The molecule has 2 aliphatic rings. The quantitative estimate of drug-likeness (QED) is 0.841. The molecule has 6 nitrogen and oxygen atoms in total. The van der Waals surface area contributed by atoms with Crippen molar-refractivity contribution in [3.05, 3.63) is 40.1 Å². The van der Waals surface area contributed by atoms with Gasteiger partial charge in [-0.25, -0.2) is 4.68 Å². The monoisotopic (exact) mass is 389 g/mol. The van der Waals surface area contributed by atoms with Gasteiger partial charge in [-0.2, -0.15) is 0 Å². The molecule has 1 amide bonds. The van der Waals surface area contributed by atoms with E-state index in [1.165, 1.54) is 0 Å². The number of nitrogens with zero attached hydrogens (tertiary/aromatic N) is 3. The number of piperidine rings is 1. The van der Waals surface area contributed by atoms with E-state index in [1.54, 1.807) is 0 Å². The lowest BCUT2D eigenvalue weighted by molar-refractivity contribution is 0.0924. The van der Waals surface area contributed by atoms with Crippen LogP contribution in [-0.2, 0) is 0 Å². The largest absolute Gasteiger partial charge is 0.347 e. The highest BCUT2D eigenvalue weighted by molar-refractivity contribution is 9.10. The summed E-state index contributed by atoms with van der Waals surface area (Å²) in [6.45, 7) is 1.85. The molecule has 0 bridgehead atoms. The van der Waals surface area contributed by atoms with Gasteiger partial charge in [-0.3, -0.25) is 4.79 Å². The van der Waals surface area contributed by atoms with Crippen molar-refractivity contribution in [2.75, 3.05) is 13.1 Å². The second-order valence-corrected chi connectivity index (χ2v) is 7.42. The van der Waals surface area contributed by atoms with Gasteiger partial charge < -0.3 is 10.6 Å². The van der Waals surface area contributed by atoms with Crippen molar-refractivity contribution in [2.45, 2.75) is 37.6 Å². The summed E-state index contributed by atoms with van der Waals surface area (Å²) in [5.41, 5.74) is 2.36. The number of carbonyl (C=O) groups excluding carboxylic acids is 1. The molecule has 2 N–H and O–H groups in total. The fraction of sp³-hybridized carbons (Fsp3) is 0.471. The number of carbonyl (C=O) groups is 1. The summed E-state index contributed by atoms with van der Waals surface area (Å²) in [6, 6.07) is 8.09. The Morgan fingerprint density at radius 1 is 1.25 bits per heavy atom. The van der Waals surface area contributed by atoms with Crippen molar-refractivity contribution in [1.82, 2.24) is 25.6 Å². The van der Waals surface area contributed by atoms with Crippen LogP contribution in [0.25, 0.3) is 5.69 Å². The highest BCUT2D eigenvalue weighted by atomic mass is 79.9. The van der Waals surface area contributed by atoms with Gasteiger partial charge in [0.15, 0.2) is 5.69 Å². The minimum absolute atomic E-state index is 0.103. The molecular formula is C17H20BrN5O. The first-order valence-electron chi connectivity index (χ1n) is 8.45. The lowest BCUT2D eigenvalue weighted by Crippen LogP contribution is -2.45. The molecule has 2 aromatic rings. The Morgan fingerprint density at radius 2 is 2.04 bits per heavy atom. The molecule has 1 aromatic heterocycles. The predicted molar refractivity (Wildman–Crippen MR) is 94.4 cm³/mol. The van der Waals surface area contributed by atoms with E-state index in [9.17, 15) is 4.79 Å². The summed E-state index contributed by atoms with van der Waals surface area (Å²) in [4.78, 5) is 12.7. The number of aromatic nitrogens is 3. The Morgan fingerprint density at radius 3 is 2.71 bits per heavy atom. The summed E-state index contributed by atoms with van der Waals surface area (Å²) in [5.74, 6) is 0.280. The number of rotatable bonds is 4. The van der Waals surface area contributed by atoms with Crippen LogP contribution < -0.4 is 10.6 Å². The summed E-state index contributed by atoms with van der Waals surface area (Å²) in [6.07, 6.45) is 4.29. The Labute approximate surface area is 149 Å². The van der Waals surface area contributed by atoms with Gasteiger partial charge >= 0.3 is 0 Å². The van der Waals surface area contributed by atoms with Crippen LogP contribution in [0, 0.1) is 0 Å². The third-order valence-electron chi connectivity index (χ3n) is 4.59. The second kappa shape index (κ2) is 6.64. The molecule has 0 spiro atoms. The summed E-state index contributed by atoms with van der Waals surface area (Å²) >= 11 is 3.45. The number of nitrogens with one attached hydrogen (secondary N) is 2. The smallest absolute Gasteiger partial charge is 0.274 e. The van der Waals surface area contributed by atoms with E-state index in [0.717, 1.165) is 54.6 Å². The molecular weight excluding hydrogens is 370 g/mol. The van der Waals surface area contributed by atoms with Crippen LogP contribution in [0.3, 0.4) is 0 Å². The van der Waals surface area contributed by atoms with Gasteiger partial charge in [0.25, 0.3) is 5.91 Å². The zero-order valence-corrected chi connectivity index (χ0v) is 14.9. The van der Waals surface area contributed by atoms with Crippen LogP contribution in [0.15, 0.2) is 28.7 Å². The molecule has 4 rings (SSSR count). The van der Waals surface area contributed by atoms with Crippen LogP contribution in [0.2, 0.25) is 0 Å². The van der Waals surface area contributed by atoms with Gasteiger partial charge in [-0.05, 0) is 56.5 Å². The number of benzene rings is 1. The lowest BCUT2D eigenvalue weighted by atomic mass is 10.1. The second-order valence-electron chi connectivity index (χ2n) is 6.50. The van der Waals surface area contributed by atoms with E-state index in [2.05, 4.69) is 36.9 Å². The fourth-order valence-corrected chi connectivity index (χ4v) is 3.44. The van der Waals surface area contributed by atoms with E-state index in [1.807, 2.05) is 28.9 Å². The van der Waals surface area contributed by atoms with Crippen molar-refractivity contribution in [3.8, 4) is 5.69 Å². The van der Waals surface area contributed by atoms with Crippen LogP contribution in [0.5, 0.6) is 0 Å². The van der Waals surface area contributed by atoms with Crippen LogP contribution >= 0.6 is 15.9 Å². The molecule has 7 heteroatoms. The van der Waals surface area contributed by atoms with E-state index in [4.69, 9.17) is 0 Å². The van der Waals surface area contributed by atoms with Crippen molar-refractivity contribution < 1.29 is 4.79 Å². The number of amides is 1. The van der Waals surface area contributed by atoms with Crippen molar-refractivity contribution in [1.29, 1.82) is 0 Å². The number of halogens is 1. The zero-order chi connectivity index (χ0) is 16.5. The average molecular weight is 390 g/mol. The normalized spacial score (nSPS) is 20.8. The Bertz CT molecular complexity index is 732. The van der Waals surface area contributed by atoms with Crippen molar-refractivity contribution in [3.63, 3.8) is 0 Å². The number of hydrogen-bond acceptors (Lipinski definition) is 4. The Balaban J connectivity index is 1.61. The summed E-state index contributed by atoms with van der Waals surface area (Å²) in [7, 11) is 0. The molecule has 1 aliphatic heterocycles. The van der Waals surface area contributed by atoms with Crippen LogP contribution in [-0.4, -0.2) is 40.0 Å². The Hall–Kier alpha value is -1.73. The van der Waals surface area contributed by atoms with Gasteiger partial charge in [0.05, 0.1) is 11.4 Å². The molecule has 1 saturated carbocycles. The third-order valence-corrected chi connectivity index (χ3v) is 5.12. The molecule has 2 fully saturated rings. The minimum atomic E-state index is -0.103. The average Bonchev–Trinajstić information content (AvgIpc) is 3.34. The van der Waals surface area contributed by atoms with Gasteiger partial charge in [0.2, 0.25) is 0 Å². The molecule has 1 saturated heterocycles. The molecule has 126 valence electrons. The third kappa shape index (κ3) is 3.23. The zero-order valence-electron chi connectivity index (χ0n) is 13.3. The van der Waals surface area contributed by atoms with Crippen molar-refractivity contribution >= 4 is 21.8 Å². The molecule has 0 radical (unpaired) electrons. The van der Waals surface area contributed by atoms with Crippen molar-refractivity contribution in [2.24, 2.45) is 0 Å². The first-order chi connectivity index (χ1) is 11.7. The van der Waals surface area contributed by atoms with Crippen LogP contribution in [0.1, 0.15) is 47.8 Å². The standard InChI is InChI=1S/C17H20BrN5O/c18-12-5-7-14(8-6-12)23-16(11-3-4-11)15(21-22-23)17(24)20-13-2-1-9-19-10-13/h5-8,11,13,19H,1-4,9-10H2,(H,20,24). The van der Waals surface area contributed by atoms with Gasteiger partial charge in [0, 0.05) is 23.0 Å². The first kappa shape index (κ1) is 15.8. The fourth-order valence-electron chi connectivity index (χ4n) is 3.18. The van der Waals surface area contributed by atoms with E-state index in [0.29, 0.717) is 11.6 Å². The minimum Gasteiger partial charge on any atom is -0.347 e. The van der Waals surface area contributed by atoms with Crippen LogP contribution in [0.4, 0.5) is 0 Å². The predicted octanol–water partition coefficient (Wildman–Crippen LogP) is 2.39. The van der Waals surface area contributed by atoms with E-state index < -0.39 is 0 Å². The molecule has 2 heterocycles. The maximum Gasteiger partial charge on any atom is 0.274 e. The SMILES string of the molecule is O=C(NC1CCCNC1)c1nnn(-c2ccc(Br)cc2)c1C1CC1. The highest BCUT2D eigenvalue weighted by Crippen LogP contribution is 2.42. The molecule has 1 aliphatic carbocycles. The van der Waals surface area contributed by atoms with E-state index >= 15 is 0 Å². The van der Waals surface area contributed by atoms with Gasteiger partial charge in [-0.15, -0.1) is 5.10 Å². The molecule has 1 aromatic carbocycles. The highest BCUT2D eigenvalue weighted by Gasteiger charge is 2.34. The van der Waals surface area contributed by atoms with Gasteiger partial charge in [-0.1, -0.05) is 21.1 Å². The Kier molecular flexibility index (Phi) is 4.37. The lowest BCUT2D eigenvalue weighted by Gasteiger charge is -2.23. The van der Waals surface area contributed by atoms with E-state index in [-0.39, 0.29) is 11.9 Å². The molecule has 1 atom stereocenters. The number of hydrogen-bond donors (Lipinski definition) is 2. The molecule has 24 heavy (non-hydrogen) atoms. The summed E-state index contributed by atoms with van der Waals surface area (Å²) < 4.78 is 2.83. The molecule has 1 unspecified atom stereocenters.